The number of hydrogen-bond donors (Lipinski definition) is 3. The molecule has 0 aromatic carbocycles. The number of aliphatic hydroxyl groups is 1. The van der Waals surface area contributed by atoms with Gasteiger partial charge in [-0.05, 0) is 25.2 Å². The smallest absolute Gasteiger partial charge is 0.223 e. The van der Waals surface area contributed by atoms with Crippen molar-refractivity contribution in [1.82, 2.24) is 5.32 Å². The molecule has 1 aliphatic rings. The summed E-state index contributed by atoms with van der Waals surface area (Å²) in [6.07, 6.45) is 1.42. The minimum Gasteiger partial charge on any atom is -0.389 e. The average molecular weight is 284 g/mol. The highest BCUT2D eigenvalue weighted by atomic mass is 16.3. The molecule has 0 radical (unpaired) electrons. The van der Waals surface area contributed by atoms with Crippen LogP contribution in [0.1, 0.15) is 33.1 Å². The Kier molecular flexibility index (Phi) is 6.13. The first-order valence-corrected chi connectivity index (χ1v) is 7.07. The van der Waals surface area contributed by atoms with Gasteiger partial charge in [-0.3, -0.25) is 14.4 Å². The molecule has 0 spiro atoms. The van der Waals surface area contributed by atoms with E-state index in [1.807, 2.05) is 13.8 Å². The zero-order valence-corrected chi connectivity index (χ0v) is 12.1. The van der Waals surface area contributed by atoms with E-state index in [0.717, 1.165) is 0 Å². The molecule has 1 fully saturated rings. The molecule has 1 unspecified atom stereocenters. The Hall–Kier alpha value is -1.43. The molecule has 0 aromatic heterocycles. The van der Waals surface area contributed by atoms with Crippen LogP contribution in [-0.2, 0) is 14.4 Å². The van der Waals surface area contributed by atoms with Crippen LogP contribution in [0.3, 0.4) is 0 Å². The maximum atomic E-state index is 11.9. The number of hydrogen-bond acceptors (Lipinski definition) is 4. The molecular weight excluding hydrogens is 260 g/mol. The molecule has 1 aliphatic heterocycles. The number of carbonyl (C=O) groups is 3. The highest BCUT2D eigenvalue weighted by Crippen LogP contribution is 2.29. The molecule has 1 heterocycles. The summed E-state index contributed by atoms with van der Waals surface area (Å²) in [5.74, 6) is -2.40. The van der Waals surface area contributed by atoms with Gasteiger partial charge in [0, 0.05) is 24.3 Å². The fourth-order valence-electron chi connectivity index (χ4n) is 2.80. The van der Waals surface area contributed by atoms with Gasteiger partial charge in [0.05, 0.1) is 0 Å². The van der Waals surface area contributed by atoms with Crippen molar-refractivity contribution in [1.29, 1.82) is 0 Å². The molecule has 6 nitrogen and oxygen atoms in total. The van der Waals surface area contributed by atoms with Crippen LogP contribution in [0.25, 0.3) is 0 Å². The van der Waals surface area contributed by atoms with Gasteiger partial charge in [0.25, 0.3) is 0 Å². The lowest BCUT2D eigenvalue weighted by Crippen LogP contribution is -2.38. The third kappa shape index (κ3) is 4.30. The van der Waals surface area contributed by atoms with E-state index in [1.54, 1.807) is 0 Å². The first kappa shape index (κ1) is 16.6. The molecule has 4 N–H and O–H groups in total. The highest BCUT2D eigenvalue weighted by molar-refractivity contribution is 5.89. The molecule has 3 atom stereocenters. The molecule has 6 heteroatoms. The van der Waals surface area contributed by atoms with Gasteiger partial charge >= 0.3 is 0 Å². The second-order valence-electron chi connectivity index (χ2n) is 5.88. The van der Waals surface area contributed by atoms with Gasteiger partial charge in [0.15, 0.2) is 5.78 Å². The van der Waals surface area contributed by atoms with Crippen molar-refractivity contribution in [3.8, 4) is 0 Å². The maximum absolute atomic E-state index is 11.9. The predicted molar refractivity (Wildman–Crippen MR) is 73.5 cm³/mol. The Labute approximate surface area is 119 Å². The molecule has 0 aromatic rings. The largest absolute Gasteiger partial charge is 0.389 e. The van der Waals surface area contributed by atoms with E-state index in [0.29, 0.717) is 19.4 Å². The quantitative estimate of drug-likeness (QED) is 0.575. The summed E-state index contributed by atoms with van der Waals surface area (Å²) in [7, 11) is 0. The van der Waals surface area contributed by atoms with E-state index in [-0.39, 0.29) is 24.2 Å². The Morgan fingerprint density at radius 3 is 2.45 bits per heavy atom. The number of Topliss-reactive ketones (excluding diaryl/α,β-unsaturated/α-hetero) is 1. The van der Waals surface area contributed by atoms with Gasteiger partial charge in [-0.2, -0.15) is 0 Å². The minimum atomic E-state index is -0.672. The Balaban J connectivity index is 2.87. The van der Waals surface area contributed by atoms with Crippen LogP contribution in [0.5, 0.6) is 0 Å². The molecule has 2 amide bonds. The summed E-state index contributed by atoms with van der Waals surface area (Å²) in [6, 6.07) is 0. The van der Waals surface area contributed by atoms with Crippen LogP contribution in [0.4, 0.5) is 0 Å². The Morgan fingerprint density at radius 1 is 1.40 bits per heavy atom. The van der Waals surface area contributed by atoms with E-state index in [1.165, 1.54) is 0 Å². The summed E-state index contributed by atoms with van der Waals surface area (Å²) in [5.41, 5.74) is 5.41. The van der Waals surface area contributed by atoms with Crippen molar-refractivity contribution in [3.05, 3.63) is 0 Å². The molecule has 114 valence electrons. The summed E-state index contributed by atoms with van der Waals surface area (Å²) < 4.78 is 0. The number of primary amides is 1. The number of nitrogens with two attached hydrogens (primary N) is 1. The van der Waals surface area contributed by atoms with E-state index >= 15 is 0 Å². The molecule has 0 aliphatic carbocycles. The second-order valence-corrected chi connectivity index (χ2v) is 5.88. The average Bonchev–Trinajstić information content (AvgIpc) is 2.77. The summed E-state index contributed by atoms with van der Waals surface area (Å²) >= 11 is 0. The topological polar surface area (TPSA) is 109 Å². The van der Waals surface area contributed by atoms with Crippen LogP contribution in [0.2, 0.25) is 0 Å². The fourth-order valence-corrected chi connectivity index (χ4v) is 2.80. The second kappa shape index (κ2) is 7.38. The van der Waals surface area contributed by atoms with E-state index in [2.05, 4.69) is 5.32 Å². The van der Waals surface area contributed by atoms with Crippen LogP contribution in [0, 0.1) is 23.7 Å². The fraction of sp³-hybridized carbons (Fsp3) is 0.786. The van der Waals surface area contributed by atoms with Crippen molar-refractivity contribution < 1.29 is 19.5 Å². The van der Waals surface area contributed by atoms with Crippen LogP contribution in [0.15, 0.2) is 0 Å². The van der Waals surface area contributed by atoms with Gasteiger partial charge < -0.3 is 16.2 Å². The molecule has 0 saturated carbocycles. The third-order valence-electron chi connectivity index (χ3n) is 3.85. The zero-order valence-electron chi connectivity index (χ0n) is 12.1. The van der Waals surface area contributed by atoms with E-state index < -0.39 is 30.1 Å². The third-order valence-corrected chi connectivity index (χ3v) is 3.85. The van der Waals surface area contributed by atoms with Crippen molar-refractivity contribution in [2.75, 3.05) is 13.2 Å². The predicted octanol–water partition coefficient (Wildman–Crippen LogP) is -0.162. The van der Waals surface area contributed by atoms with Crippen LogP contribution < -0.4 is 11.1 Å². The summed E-state index contributed by atoms with van der Waals surface area (Å²) in [5, 5.41) is 11.8. The standard InChI is InChI=1S/C14H24N2O4/c1-8(2)5-11(13(15)19)10(12(18)7-17)6-9-3-4-16-14(9)20/h8-11,17H,3-7H2,1-2H3,(H2,15,19)(H,16,20)/t9-,10+,11?/m1/s1. The number of aliphatic hydroxyl groups excluding tert-OH is 1. The van der Waals surface area contributed by atoms with Crippen LogP contribution >= 0.6 is 0 Å². The minimum absolute atomic E-state index is 0.0893. The Morgan fingerprint density at radius 2 is 2.05 bits per heavy atom. The van der Waals surface area contributed by atoms with Gasteiger partial charge in [-0.15, -0.1) is 0 Å². The maximum Gasteiger partial charge on any atom is 0.223 e. The van der Waals surface area contributed by atoms with Crippen LogP contribution in [-0.4, -0.2) is 35.9 Å². The number of rotatable bonds is 8. The first-order valence-electron chi connectivity index (χ1n) is 7.07. The van der Waals surface area contributed by atoms with Crippen molar-refractivity contribution in [2.45, 2.75) is 33.1 Å². The van der Waals surface area contributed by atoms with E-state index in [9.17, 15) is 14.4 Å². The Bertz CT molecular complexity index is 381. The number of ketones is 1. The summed E-state index contributed by atoms with van der Waals surface area (Å²) in [4.78, 5) is 35.2. The van der Waals surface area contributed by atoms with Gasteiger partial charge in [0.1, 0.15) is 6.61 Å². The molecule has 0 bridgehead atoms. The van der Waals surface area contributed by atoms with Crippen molar-refractivity contribution in [2.24, 2.45) is 29.4 Å². The zero-order chi connectivity index (χ0) is 15.3. The lowest BCUT2D eigenvalue weighted by molar-refractivity contribution is -0.135. The number of nitrogens with one attached hydrogen (secondary N) is 1. The number of carbonyl (C=O) groups excluding carboxylic acids is 3. The number of amides is 2. The molecule has 20 heavy (non-hydrogen) atoms. The van der Waals surface area contributed by atoms with Gasteiger partial charge in [0.2, 0.25) is 11.8 Å². The normalized spacial score (nSPS) is 21.6. The van der Waals surface area contributed by atoms with Gasteiger partial charge in [-0.1, -0.05) is 13.8 Å². The van der Waals surface area contributed by atoms with Gasteiger partial charge in [-0.25, -0.2) is 0 Å². The lowest BCUT2D eigenvalue weighted by Gasteiger charge is -2.26. The monoisotopic (exact) mass is 284 g/mol. The molecule has 1 saturated heterocycles. The SMILES string of the molecule is CC(C)CC(C(N)=O)[C@H](C[C@H]1CCNC1=O)C(=O)CO. The molecular formula is C14H24N2O4. The summed E-state index contributed by atoms with van der Waals surface area (Å²) in [6.45, 7) is 3.85. The first-order chi connectivity index (χ1) is 9.36. The van der Waals surface area contributed by atoms with E-state index in [4.69, 9.17) is 10.8 Å². The molecule has 1 rings (SSSR count). The van der Waals surface area contributed by atoms with Crippen molar-refractivity contribution >= 4 is 17.6 Å². The highest BCUT2D eigenvalue weighted by Gasteiger charge is 2.37. The lowest BCUT2D eigenvalue weighted by atomic mass is 9.77. The van der Waals surface area contributed by atoms with Crippen molar-refractivity contribution in [3.63, 3.8) is 0 Å².